The van der Waals surface area contributed by atoms with Crippen LogP contribution in [0.2, 0.25) is 0 Å². The molecule has 2 N–H and O–H groups in total. The third-order valence-corrected chi connectivity index (χ3v) is 0.997. The molecule has 0 heterocycles. The summed E-state index contributed by atoms with van der Waals surface area (Å²) in [5.74, 6) is -0.442. The Balaban J connectivity index is 3.82. The van der Waals surface area contributed by atoms with Crippen molar-refractivity contribution in [3.63, 3.8) is 0 Å². The first kappa shape index (κ1) is 11.1. The van der Waals surface area contributed by atoms with Crippen molar-refractivity contribution in [2.75, 3.05) is 0 Å². The van der Waals surface area contributed by atoms with Gasteiger partial charge in [0.2, 0.25) is 0 Å². The van der Waals surface area contributed by atoms with Crippen molar-refractivity contribution >= 4 is 12.3 Å². The zero-order valence-corrected chi connectivity index (χ0v) is 7.66. The van der Waals surface area contributed by atoms with Crippen molar-refractivity contribution < 1.29 is 14.3 Å². The van der Waals surface area contributed by atoms with E-state index in [0.29, 0.717) is 6.29 Å². The van der Waals surface area contributed by atoms with Crippen molar-refractivity contribution in [3.8, 4) is 0 Å². The highest BCUT2D eigenvalue weighted by Gasteiger charge is 2.17. The molecule has 0 amide bonds. The quantitative estimate of drug-likeness (QED) is 0.490. The van der Waals surface area contributed by atoms with Crippen LogP contribution < -0.4 is 5.73 Å². The monoisotopic (exact) mass is 173 g/mol. The summed E-state index contributed by atoms with van der Waals surface area (Å²) in [6.45, 7) is 5.28. The Hall–Kier alpha value is -0.900. The maximum atomic E-state index is 11.0. The molecule has 0 saturated heterocycles. The van der Waals surface area contributed by atoms with Crippen molar-refractivity contribution in [1.82, 2.24) is 0 Å². The van der Waals surface area contributed by atoms with E-state index in [4.69, 9.17) is 10.5 Å². The summed E-state index contributed by atoms with van der Waals surface area (Å²) in [6.07, 6.45) is 0.477. The highest BCUT2D eigenvalue weighted by Crippen LogP contribution is 2.08. The lowest BCUT2D eigenvalue weighted by molar-refractivity contribution is -0.155. The van der Waals surface area contributed by atoms with Crippen LogP contribution in [-0.2, 0) is 14.3 Å². The number of aldehydes is 1. The van der Waals surface area contributed by atoms with Gasteiger partial charge in [-0.25, -0.2) is 0 Å². The summed E-state index contributed by atoms with van der Waals surface area (Å²) in [5, 5.41) is 0. The second-order valence-electron chi connectivity index (χ2n) is 3.59. The minimum absolute atomic E-state index is 0.0548. The van der Waals surface area contributed by atoms with E-state index in [9.17, 15) is 9.59 Å². The Labute approximate surface area is 72.1 Å². The van der Waals surface area contributed by atoms with E-state index in [2.05, 4.69) is 0 Å². The molecule has 0 aliphatic rings. The Kier molecular flexibility index (Phi) is 3.89. The normalized spacial score (nSPS) is 13.7. The summed E-state index contributed by atoms with van der Waals surface area (Å²) in [5.41, 5.74) is 4.71. The highest BCUT2D eigenvalue weighted by atomic mass is 16.6. The van der Waals surface area contributed by atoms with E-state index in [1.165, 1.54) is 0 Å². The first-order valence-corrected chi connectivity index (χ1v) is 3.78. The molecule has 0 fully saturated rings. The molecule has 0 aromatic carbocycles. The van der Waals surface area contributed by atoms with Crippen molar-refractivity contribution in [3.05, 3.63) is 0 Å². The minimum atomic E-state index is -0.750. The maximum Gasteiger partial charge on any atom is 0.308 e. The molecule has 0 radical (unpaired) electrons. The molecular weight excluding hydrogens is 158 g/mol. The predicted octanol–water partition coefficient (Wildman–Crippen LogP) is 0.244. The third kappa shape index (κ3) is 5.85. The van der Waals surface area contributed by atoms with Crippen LogP contribution in [-0.4, -0.2) is 23.9 Å². The minimum Gasteiger partial charge on any atom is -0.460 e. The van der Waals surface area contributed by atoms with Gasteiger partial charge in [-0.15, -0.1) is 0 Å². The van der Waals surface area contributed by atoms with Gasteiger partial charge in [0, 0.05) is 0 Å². The van der Waals surface area contributed by atoms with Gasteiger partial charge in [-0.3, -0.25) is 4.79 Å². The molecule has 0 saturated carbocycles. The molecule has 4 nitrogen and oxygen atoms in total. The summed E-state index contributed by atoms with van der Waals surface area (Å²) in [6, 6.07) is -0.750. The zero-order chi connectivity index (χ0) is 9.78. The molecule has 0 rings (SSSR count). The second-order valence-corrected chi connectivity index (χ2v) is 3.59. The van der Waals surface area contributed by atoms with Crippen LogP contribution in [0.15, 0.2) is 0 Å². The van der Waals surface area contributed by atoms with Crippen LogP contribution >= 0.6 is 0 Å². The van der Waals surface area contributed by atoms with E-state index in [1.54, 1.807) is 20.8 Å². The summed E-state index contributed by atoms with van der Waals surface area (Å²) >= 11 is 0. The Morgan fingerprint density at radius 1 is 1.58 bits per heavy atom. The van der Waals surface area contributed by atoms with Crippen molar-refractivity contribution in [1.29, 1.82) is 0 Å². The number of hydrogen-bond donors (Lipinski definition) is 1. The average Bonchev–Trinajstić information content (AvgIpc) is 1.82. The number of nitrogens with two attached hydrogens (primary N) is 1. The van der Waals surface area contributed by atoms with Crippen molar-refractivity contribution in [2.45, 2.75) is 38.8 Å². The van der Waals surface area contributed by atoms with Gasteiger partial charge < -0.3 is 15.3 Å². The lowest BCUT2D eigenvalue weighted by Crippen LogP contribution is -2.30. The van der Waals surface area contributed by atoms with Gasteiger partial charge in [0.15, 0.2) is 0 Å². The van der Waals surface area contributed by atoms with E-state index >= 15 is 0 Å². The second kappa shape index (κ2) is 4.21. The average molecular weight is 173 g/mol. The number of carbonyl (C=O) groups is 2. The van der Waals surface area contributed by atoms with Gasteiger partial charge in [-0.1, -0.05) is 0 Å². The van der Waals surface area contributed by atoms with E-state index in [0.717, 1.165) is 0 Å². The Bertz CT molecular complexity index is 172. The van der Waals surface area contributed by atoms with Gasteiger partial charge >= 0.3 is 5.97 Å². The topological polar surface area (TPSA) is 69.4 Å². The maximum absolute atomic E-state index is 11.0. The van der Waals surface area contributed by atoms with Gasteiger partial charge in [-0.05, 0) is 20.8 Å². The van der Waals surface area contributed by atoms with Gasteiger partial charge in [0.05, 0.1) is 12.5 Å². The summed E-state index contributed by atoms with van der Waals surface area (Å²) < 4.78 is 4.93. The lowest BCUT2D eigenvalue weighted by Gasteiger charge is -2.19. The molecule has 4 heteroatoms. The number of carbonyl (C=O) groups excluding carboxylic acids is 2. The molecule has 0 bridgehead atoms. The molecule has 0 aliphatic heterocycles. The molecule has 0 aromatic rings. The molecule has 0 spiro atoms. The van der Waals surface area contributed by atoms with E-state index in [-0.39, 0.29) is 6.42 Å². The highest BCUT2D eigenvalue weighted by molar-refractivity contribution is 5.75. The Morgan fingerprint density at radius 3 is 2.42 bits per heavy atom. The van der Waals surface area contributed by atoms with Crippen LogP contribution in [0.4, 0.5) is 0 Å². The Morgan fingerprint density at radius 2 is 2.08 bits per heavy atom. The molecule has 70 valence electrons. The molecule has 0 aromatic heterocycles. The molecule has 0 unspecified atom stereocenters. The zero-order valence-electron chi connectivity index (χ0n) is 7.66. The lowest BCUT2D eigenvalue weighted by atomic mass is 10.2. The number of ether oxygens (including phenoxy) is 1. The molecule has 0 aliphatic carbocycles. The van der Waals surface area contributed by atoms with E-state index in [1.807, 2.05) is 0 Å². The van der Waals surface area contributed by atoms with Crippen LogP contribution in [0.1, 0.15) is 27.2 Å². The number of esters is 1. The van der Waals surface area contributed by atoms with Crippen LogP contribution in [0.5, 0.6) is 0 Å². The van der Waals surface area contributed by atoms with Crippen molar-refractivity contribution in [2.24, 2.45) is 5.73 Å². The fraction of sp³-hybridized carbons (Fsp3) is 0.750. The van der Waals surface area contributed by atoms with Gasteiger partial charge in [-0.2, -0.15) is 0 Å². The molecular formula is C8H15NO3. The standard InChI is InChI=1S/C8H15NO3/c1-8(2,3)12-7(11)4-6(9)5-10/h5-6H,4,9H2,1-3H3/t6-/m0/s1. The molecule has 1 atom stereocenters. The predicted molar refractivity (Wildman–Crippen MR) is 44.5 cm³/mol. The first-order valence-electron chi connectivity index (χ1n) is 3.78. The summed E-state index contributed by atoms with van der Waals surface area (Å²) in [4.78, 5) is 21.0. The fourth-order valence-corrected chi connectivity index (χ4v) is 0.624. The van der Waals surface area contributed by atoms with Gasteiger partial charge in [0.1, 0.15) is 11.9 Å². The number of hydrogen-bond acceptors (Lipinski definition) is 4. The largest absolute Gasteiger partial charge is 0.460 e. The van der Waals surface area contributed by atoms with Gasteiger partial charge in [0.25, 0.3) is 0 Å². The van der Waals surface area contributed by atoms with Crippen LogP contribution in [0.3, 0.4) is 0 Å². The third-order valence-electron chi connectivity index (χ3n) is 0.997. The summed E-state index contributed by atoms with van der Waals surface area (Å²) in [7, 11) is 0. The smallest absolute Gasteiger partial charge is 0.308 e. The molecule has 12 heavy (non-hydrogen) atoms. The first-order chi connectivity index (χ1) is 5.35. The number of rotatable bonds is 3. The van der Waals surface area contributed by atoms with Crippen LogP contribution in [0.25, 0.3) is 0 Å². The SMILES string of the molecule is CC(C)(C)OC(=O)C[C@H](N)C=O. The van der Waals surface area contributed by atoms with Crippen LogP contribution in [0, 0.1) is 0 Å². The van der Waals surface area contributed by atoms with E-state index < -0.39 is 17.6 Å². The fourth-order valence-electron chi connectivity index (χ4n) is 0.624.